The molecule has 1 aromatic heterocycles. The van der Waals surface area contributed by atoms with Crippen LogP contribution in [0.3, 0.4) is 0 Å². The van der Waals surface area contributed by atoms with E-state index in [1.54, 1.807) is 0 Å². The fourth-order valence-corrected chi connectivity index (χ4v) is 2.90. The van der Waals surface area contributed by atoms with Crippen LogP contribution in [0.2, 0.25) is 0 Å². The van der Waals surface area contributed by atoms with Crippen molar-refractivity contribution in [3.8, 4) is 11.4 Å². The van der Waals surface area contributed by atoms with Crippen LogP contribution < -0.4 is 4.84 Å². The molecule has 0 atom stereocenters. The standard InChI is InChI=1S/C17H5F12N3O3/c18-14(19,20)7-1-6(2-8(3-7)15(21,22)23)13-30-12-10(31(13)35-17(27,28)29)4-9(16(24,25)26)5-11(12)32(33)34/h1-5H. The highest BCUT2D eigenvalue weighted by Gasteiger charge is 2.40. The predicted octanol–water partition coefficient (Wildman–Crippen LogP) is 6.62. The number of nitrogens with zero attached hydrogens (tertiary/aromatic N) is 3. The van der Waals surface area contributed by atoms with Crippen LogP contribution in [0, 0.1) is 10.1 Å². The van der Waals surface area contributed by atoms with Crippen LogP contribution in [0.1, 0.15) is 16.7 Å². The number of benzene rings is 2. The largest absolute Gasteiger partial charge is 0.591 e. The number of non-ortho nitro benzene ring substituents is 1. The summed E-state index contributed by atoms with van der Waals surface area (Å²) in [7, 11) is 0. The lowest BCUT2D eigenvalue weighted by atomic mass is 10.0. The molecule has 0 aliphatic rings. The van der Waals surface area contributed by atoms with Crippen molar-refractivity contribution in [3.63, 3.8) is 0 Å². The first-order chi connectivity index (χ1) is 15.7. The van der Waals surface area contributed by atoms with Crippen molar-refractivity contribution < 1.29 is 62.4 Å². The number of fused-ring (bicyclic) bond motifs is 1. The third-order valence-electron chi connectivity index (χ3n) is 4.26. The van der Waals surface area contributed by atoms with Gasteiger partial charge in [0.25, 0.3) is 5.69 Å². The minimum absolute atomic E-state index is 0.0802. The van der Waals surface area contributed by atoms with Crippen molar-refractivity contribution in [1.29, 1.82) is 0 Å². The van der Waals surface area contributed by atoms with E-state index in [2.05, 4.69) is 9.82 Å². The first-order valence-electron chi connectivity index (χ1n) is 8.52. The average Bonchev–Trinajstić information content (AvgIpc) is 3.01. The molecule has 6 nitrogen and oxygen atoms in total. The molecule has 0 aliphatic carbocycles. The summed E-state index contributed by atoms with van der Waals surface area (Å²) in [6.45, 7) is 0. The maximum atomic E-state index is 13.2. The summed E-state index contributed by atoms with van der Waals surface area (Å²) in [6, 6.07) is -0.745. The van der Waals surface area contributed by atoms with Gasteiger partial charge in [-0.05, 0) is 24.3 Å². The van der Waals surface area contributed by atoms with Gasteiger partial charge in [-0.3, -0.25) is 10.1 Å². The third-order valence-corrected chi connectivity index (χ3v) is 4.26. The number of imidazole rings is 1. The van der Waals surface area contributed by atoms with Crippen molar-refractivity contribution in [3.05, 3.63) is 57.1 Å². The fraction of sp³-hybridized carbons (Fsp3) is 0.235. The van der Waals surface area contributed by atoms with Crippen molar-refractivity contribution in [2.75, 3.05) is 0 Å². The maximum absolute atomic E-state index is 13.2. The van der Waals surface area contributed by atoms with E-state index in [1.807, 2.05) is 0 Å². The summed E-state index contributed by atoms with van der Waals surface area (Å²) in [6.07, 6.45) is -22.0. The summed E-state index contributed by atoms with van der Waals surface area (Å²) in [5.74, 6) is -1.52. The van der Waals surface area contributed by atoms with Gasteiger partial charge in [0.1, 0.15) is 5.52 Å². The lowest BCUT2D eigenvalue weighted by Gasteiger charge is -2.16. The van der Waals surface area contributed by atoms with Gasteiger partial charge in [0.05, 0.1) is 21.6 Å². The molecule has 35 heavy (non-hydrogen) atoms. The zero-order valence-electron chi connectivity index (χ0n) is 16.0. The molecule has 3 rings (SSSR count). The van der Waals surface area contributed by atoms with E-state index >= 15 is 0 Å². The van der Waals surface area contributed by atoms with Crippen LogP contribution in [0.5, 0.6) is 0 Å². The Kier molecular flexibility index (Phi) is 5.85. The summed E-state index contributed by atoms with van der Waals surface area (Å²) in [4.78, 5) is 16.5. The Hall–Kier alpha value is -3.73. The van der Waals surface area contributed by atoms with E-state index in [9.17, 15) is 62.8 Å². The van der Waals surface area contributed by atoms with Crippen molar-refractivity contribution in [2.24, 2.45) is 0 Å². The monoisotopic (exact) mass is 527 g/mol. The summed E-state index contributed by atoms with van der Waals surface area (Å²) in [5.41, 5.74) is -11.4. The Morgan fingerprint density at radius 2 is 1.20 bits per heavy atom. The number of nitro benzene ring substituents is 1. The van der Waals surface area contributed by atoms with Crippen molar-refractivity contribution in [1.82, 2.24) is 9.71 Å². The molecule has 0 fully saturated rings. The molecule has 0 N–H and O–H groups in total. The van der Waals surface area contributed by atoms with Gasteiger partial charge in [-0.25, -0.2) is 4.98 Å². The smallest absolute Gasteiger partial charge is 0.311 e. The Morgan fingerprint density at radius 1 is 0.743 bits per heavy atom. The normalized spacial score (nSPS) is 13.4. The van der Waals surface area contributed by atoms with Gasteiger partial charge in [0, 0.05) is 11.6 Å². The number of hydrogen-bond acceptors (Lipinski definition) is 4. The molecule has 0 radical (unpaired) electrons. The number of aromatic nitrogens is 2. The van der Waals surface area contributed by atoms with E-state index in [1.165, 1.54) is 0 Å². The van der Waals surface area contributed by atoms with Gasteiger partial charge >= 0.3 is 24.9 Å². The summed E-state index contributed by atoms with van der Waals surface area (Å²) < 4.78 is 157. The Morgan fingerprint density at radius 3 is 1.60 bits per heavy atom. The van der Waals surface area contributed by atoms with Crippen LogP contribution in [0.15, 0.2) is 30.3 Å². The molecule has 190 valence electrons. The van der Waals surface area contributed by atoms with Crippen LogP contribution in [0.4, 0.5) is 58.4 Å². The van der Waals surface area contributed by atoms with Crippen LogP contribution in [-0.4, -0.2) is 21.0 Å². The van der Waals surface area contributed by atoms with E-state index < -0.39 is 79.3 Å². The van der Waals surface area contributed by atoms with Crippen LogP contribution >= 0.6 is 0 Å². The molecule has 0 amide bonds. The van der Waals surface area contributed by atoms with Crippen LogP contribution in [-0.2, 0) is 18.5 Å². The van der Waals surface area contributed by atoms with Gasteiger partial charge in [-0.2, -0.15) is 44.2 Å². The van der Waals surface area contributed by atoms with E-state index in [0.717, 1.165) is 0 Å². The number of hydrogen-bond donors (Lipinski definition) is 0. The molecule has 18 heteroatoms. The highest BCUT2D eigenvalue weighted by Crippen LogP contribution is 2.41. The molecular weight excluding hydrogens is 522 g/mol. The molecule has 3 aromatic rings. The Labute approximate surface area is 183 Å². The van der Waals surface area contributed by atoms with Gasteiger partial charge in [0.15, 0.2) is 11.3 Å². The Balaban J connectivity index is 2.49. The van der Waals surface area contributed by atoms with E-state index in [0.29, 0.717) is 0 Å². The molecule has 0 saturated carbocycles. The predicted molar refractivity (Wildman–Crippen MR) is 89.5 cm³/mol. The maximum Gasteiger partial charge on any atom is 0.591 e. The minimum Gasteiger partial charge on any atom is -0.311 e. The topological polar surface area (TPSA) is 70.2 Å². The van der Waals surface area contributed by atoms with Gasteiger partial charge in [-0.1, -0.05) is 0 Å². The number of halogens is 12. The quantitative estimate of drug-likeness (QED) is 0.218. The second-order valence-electron chi connectivity index (χ2n) is 6.68. The van der Waals surface area contributed by atoms with Crippen molar-refractivity contribution >= 4 is 16.7 Å². The van der Waals surface area contributed by atoms with E-state index in [-0.39, 0.29) is 30.3 Å². The molecular formula is C17H5F12N3O3. The SMILES string of the molecule is O=[N+]([O-])c1cc(C(F)(F)F)cc2c1nc(-c1cc(C(F)(F)F)cc(C(F)(F)F)c1)n2OC(F)(F)F. The second kappa shape index (κ2) is 7.91. The van der Waals surface area contributed by atoms with Gasteiger partial charge in [-0.15, -0.1) is 13.2 Å². The average molecular weight is 527 g/mol. The third kappa shape index (κ3) is 5.35. The molecule has 0 aliphatic heterocycles. The first kappa shape index (κ1) is 25.9. The Bertz CT molecular complexity index is 1270. The minimum atomic E-state index is -5.76. The van der Waals surface area contributed by atoms with Gasteiger partial charge < -0.3 is 4.84 Å². The molecule has 2 aromatic carbocycles. The summed E-state index contributed by atoms with van der Waals surface area (Å²) >= 11 is 0. The highest BCUT2D eigenvalue weighted by molar-refractivity contribution is 5.89. The molecule has 1 heterocycles. The summed E-state index contributed by atoms with van der Waals surface area (Å²) in [5, 5.41) is 11.2. The first-order valence-corrected chi connectivity index (χ1v) is 8.52. The van der Waals surface area contributed by atoms with Crippen LogP contribution in [0.25, 0.3) is 22.4 Å². The highest BCUT2D eigenvalue weighted by atomic mass is 19.4. The molecule has 0 spiro atoms. The second-order valence-corrected chi connectivity index (χ2v) is 6.68. The number of rotatable bonds is 3. The molecule has 0 bridgehead atoms. The molecule has 0 unspecified atom stereocenters. The lowest BCUT2D eigenvalue weighted by molar-refractivity contribution is -0.383. The molecule has 0 saturated heterocycles. The lowest BCUT2D eigenvalue weighted by Crippen LogP contribution is -2.27. The zero-order chi connectivity index (χ0) is 26.7. The fourth-order valence-electron chi connectivity index (χ4n) is 2.90. The zero-order valence-corrected chi connectivity index (χ0v) is 16.0. The van der Waals surface area contributed by atoms with Crippen molar-refractivity contribution in [2.45, 2.75) is 24.9 Å². The number of alkyl halides is 12. The van der Waals surface area contributed by atoms with Gasteiger partial charge in [0.2, 0.25) is 0 Å². The van der Waals surface area contributed by atoms with E-state index in [4.69, 9.17) is 0 Å². The number of nitro groups is 1.